The summed E-state index contributed by atoms with van der Waals surface area (Å²) < 4.78 is 25.2. The normalized spacial score (nSPS) is 28.1. The summed E-state index contributed by atoms with van der Waals surface area (Å²) >= 11 is 1.70. The van der Waals surface area contributed by atoms with E-state index in [1.54, 1.807) is 11.8 Å². The molecule has 0 amide bonds. The number of rotatable bonds is 6. The van der Waals surface area contributed by atoms with Gasteiger partial charge < -0.3 is 18.9 Å². The number of hydrogen-bond donors (Lipinski definition) is 0. The van der Waals surface area contributed by atoms with E-state index in [4.69, 9.17) is 18.9 Å². The largest absolute Gasteiger partial charge is 0.370 e. The van der Waals surface area contributed by atoms with Gasteiger partial charge in [-0.3, -0.25) is 0 Å². The lowest BCUT2D eigenvalue weighted by Gasteiger charge is -2.45. The summed E-state index contributed by atoms with van der Waals surface area (Å²) in [4.78, 5) is 1.17. The standard InChI is InChI=1S/C26H26O4S/c1-4-10-19(11-5-1)17-27-23-16-22-24(30-26(23)31-21-14-8-3-9-15-21)18-28-25(29-22)20-12-6-2-7-13-20/h1-15,22-26H,16-18H2/t22-,23-,24+,25?,26-/m0/s1. The lowest BCUT2D eigenvalue weighted by atomic mass is 10.0. The van der Waals surface area contributed by atoms with Crippen molar-refractivity contribution in [2.75, 3.05) is 6.61 Å². The molecule has 0 spiro atoms. The molecule has 5 rings (SSSR count). The Hall–Kier alpha value is -2.15. The van der Waals surface area contributed by atoms with E-state index in [0.29, 0.717) is 13.2 Å². The minimum Gasteiger partial charge on any atom is -0.370 e. The molecular formula is C26H26O4S. The van der Waals surface area contributed by atoms with Gasteiger partial charge in [0.2, 0.25) is 0 Å². The number of benzene rings is 3. The first-order valence-electron chi connectivity index (χ1n) is 10.7. The molecule has 4 nitrogen and oxygen atoms in total. The van der Waals surface area contributed by atoms with Crippen molar-refractivity contribution in [3.05, 3.63) is 102 Å². The van der Waals surface area contributed by atoms with E-state index in [-0.39, 0.29) is 30.0 Å². The van der Waals surface area contributed by atoms with Crippen molar-refractivity contribution in [2.24, 2.45) is 0 Å². The predicted molar refractivity (Wildman–Crippen MR) is 121 cm³/mol. The molecule has 0 bridgehead atoms. The van der Waals surface area contributed by atoms with Crippen molar-refractivity contribution < 1.29 is 18.9 Å². The predicted octanol–water partition coefficient (Wildman–Crippen LogP) is 5.59. The molecule has 5 atom stereocenters. The van der Waals surface area contributed by atoms with Crippen LogP contribution in [-0.2, 0) is 25.6 Å². The van der Waals surface area contributed by atoms with Crippen LogP contribution in [0, 0.1) is 0 Å². The Morgan fingerprint density at radius 2 is 1.45 bits per heavy atom. The Bertz CT molecular complexity index is 937. The first-order valence-corrected chi connectivity index (χ1v) is 11.6. The molecule has 2 heterocycles. The van der Waals surface area contributed by atoms with Gasteiger partial charge in [-0.2, -0.15) is 0 Å². The molecule has 5 heteroatoms. The van der Waals surface area contributed by atoms with E-state index >= 15 is 0 Å². The summed E-state index contributed by atoms with van der Waals surface area (Å²) in [6, 6.07) is 30.7. The minimum absolute atomic E-state index is 0.0626. The van der Waals surface area contributed by atoms with E-state index < -0.39 is 0 Å². The van der Waals surface area contributed by atoms with Crippen molar-refractivity contribution in [1.82, 2.24) is 0 Å². The van der Waals surface area contributed by atoms with E-state index in [2.05, 4.69) is 24.3 Å². The van der Waals surface area contributed by atoms with E-state index in [0.717, 1.165) is 17.5 Å². The molecule has 0 N–H and O–H groups in total. The number of ether oxygens (including phenoxy) is 4. The zero-order valence-electron chi connectivity index (χ0n) is 17.2. The van der Waals surface area contributed by atoms with E-state index in [1.165, 1.54) is 4.90 Å². The molecule has 0 aromatic heterocycles. The summed E-state index contributed by atoms with van der Waals surface area (Å²) in [5, 5.41) is 0. The van der Waals surface area contributed by atoms with Gasteiger partial charge in [-0.1, -0.05) is 90.6 Å². The van der Waals surface area contributed by atoms with E-state index in [9.17, 15) is 0 Å². The van der Waals surface area contributed by atoms with Crippen LogP contribution in [0.1, 0.15) is 23.8 Å². The summed E-state index contributed by atoms with van der Waals surface area (Å²) in [6.07, 6.45) is 0.166. The second-order valence-electron chi connectivity index (χ2n) is 7.80. The zero-order valence-corrected chi connectivity index (χ0v) is 18.0. The maximum atomic E-state index is 6.47. The molecule has 0 aliphatic carbocycles. The topological polar surface area (TPSA) is 36.9 Å². The Morgan fingerprint density at radius 1 is 0.774 bits per heavy atom. The smallest absolute Gasteiger partial charge is 0.184 e. The highest BCUT2D eigenvalue weighted by molar-refractivity contribution is 7.99. The van der Waals surface area contributed by atoms with E-state index in [1.807, 2.05) is 66.7 Å². The Labute approximate surface area is 187 Å². The van der Waals surface area contributed by atoms with Crippen molar-refractivity contribution in [3.8, 4) is 0 Å². The van der Waals surface area contributed by atoms with Gasteiger partial charge in [-0.25, -0.2) is 0 Å². The zero-order chi connectivity index (χ0) is 20.9. The van der Waals surface area contributed by atoms with Gasteiger partial charge in [0.25, 0.3) is 0 Å². The van der Waals surface area contributed by atoms with Crippen LogP contribution in [0.15, 0.2) is 95.9 Å². The highest BCUT2D eigenvalue weighted by atomic mass is 32.2. The maximum absolute atomic E-state index is 6.47. The van der Waals surface area contributed by atoms with Gasteiger partial charge in [0.1, 0.15) is 11.5 Å². The maximum Gasteiger partial charge on any atom is 0.184 e. The fraction of sp³-hybridized carbons (Fsp3) is 0.308. The van der Waals surface area contributed by atoms with Gasteiger partial charge >= 0.3 is 0 Å². The third kappa shape index (κ3) is 5.20. The molecule has 3 aromatic carbocycles. The van der Waals surface area contributed by atoms with Gasteiger partial charge in [-0.15, -0.1) is 0 Å². The molecule has 0 radical (unpaired) electrons. The average molecular weight is 435 g/mol. The highest BCUT2D eigenvalue weighted by Crippen LogP contribution is 2.39. The van der Waals surface area contributed by atoms with Gasteiger partial charge in [0, 0.05) is 16.9 Å². The van der Waals surface area contributed by atoms with Crippen LogP contribution in [0.4, 0.5) is 0 Å². The van der Waals surface area contributed by atoms with Crippen LogP contribution < -0.4 is 0 Å². The van der Waals surface area contributed by atoms with Crippen LogP contribution in [0.2, 0.25) is 0 Å². The quantitative estimate of drug-likeness (QED) is 0.505. The molecule has 1 unspecified atom stereocenters. The lowest BCUT2D eigenvalue weighted by Crippen LogP contribution is -2.52. The van der Waals surface area contributed by atoms with Crippen LogP contribution in [0.3, 0.4) is 0 Å². The van der Waals surface area contributed by atoms with Gasteiger partial charge in [-0.05, 0) is 17.7 Å². The van der Waals surface area contributed by atoms with Crippen LogP contribution in [0.25, 0.3) is 0 Å². The molecular weight excluding hydrogens is 408 g/mol. The van der Waals surface area contributed by atoms with Crippen LogP contribution >= 0.6 is 11.8 Å². The fourth-order valence-corrected chi connectivity index (χ4v) is 5.08. The molecule has 0 saturated carbocycles. The summed E-state index contributed by atoms with van der Waals surface area (Å²) in [5.74, 6) is 0. The number of hydrogen-bond acceptors (Lipinski definition) is 5. The first-order chi connectivity index (χ1) is 15.3. The van der Waals surface area contributed by atoms with Crippen molar-refractivity contribution in [3.63, 3.8) is 0 Å². The fourth-order valence-electron chi connectivity index (χ4n) is 3.96. The Kier molecular flexibility index (Phi) is 6.68. The third-order valence-electron chi connectivity index (χ3n) is 5.58. The molecule has 2 aliphatic heterocycles. The molecule has 2 fully saturated rings. The Balaban J connectivity index is 1.30. The van der Waals surface area contributed by atoms with Crippen molar-refractivity contribution >= 4 is 11.8 Å². The molecule has 31 heavy (non-hydrogen) atoms. The van der Waals surface area contributed by atoms with Gasteiger partial charge in [0.15, 0.2) is 6.29 Å². The second kappa shape index (κ2) is 9.98. The summed E-state index contributed by atoms with van der Waals surface area (Å²) in [6.45, 7) is 1.07. The highest BCUT2D eigenvalue weighted by Gasteiger charge is 2.44. The SMILES string of the molecule is c1ccc(CO[C@H]2C[C@@H]3OC(c4ccccc4)OC[C@H]3O[C@H]2Sc2ccccc2)cc1. The van der Waals surface area contributed by atoms with Gasteiger partial charge in [0.05, 0.1) is 25.4 Å². The second-order valence-corrected chi connectivity index (χ2v) is 8.97. The lowest BCUT2D eigenvalue weighted by molar-refractivity contribution is -0.295. The summed E-state index contributed by atoms with van der Waals surface area (Å²) in [5.41, 5.74) is 2.07. The minimum atomic E-state index is -0.362. The first kappa shape index (κ1) is 20.7. The average Bonchev–Trinajstić information content (AvgIpc) is 2.84. The van der Waals surface area contributed by atoms with Crippen LogP contribution in [-0.4, -0.2) is 30.4 Å². The molecule has 2 saturated heterocycles. The van der Waals surface area contributed by atoms with Crippen molar-refractivity contribution in [2.45, 2.75) is 48.0 Å². The Morgan fingerprint density at radius 3 is 2.19 bits per heavy atom. The third-order valence-corrected chi connectivity index (χ3v) is 6.77. The van der Waals surface area contributed by atoms with Crippen molar-refractivity contribution in [1.29, 1.82) is 0 Å². The number of thioether (sulfide) groups is 1. The monoisotopic (exact) mass is 434 g/mol. The summed E-state index contributed by atoms with van der Waals surface area (Å²) in [7, 11) is 0. The molecule has 2 aliphatic rings. The molecule has 3 aromatic rings. The molecule has 160 valence electrons. The van der Waals surface area contributed by atoms with Crippen LogP contribution in [0.5, 0.6) is 0 Å². The number of fused-ring (bicyclic) bond motifs is 1.